The van der Waals surface area contributed by atoms with Crippen LogP contribution < -0.4 is 20.7 Å². The zero-order valence-electron chi connectivity index (χ0n) is 27.7. The number of urea groups is 1. The fraction of sp³-hybridized carbons (Fsp3) is 0.429. The van der Waals surface area contributed by atoms with E-state index in [0.29, 0.717) is 35.9 Å². The van der Waals surface area contributed by atoms with Gasteiger partial charge in [-0.2, -0.15) is 0 Å². The first kappa shape index (κ1) is 35.2. The Balaban J connectivity index is 1.38. The molecular formula is C35H46N6O6. The summed E-state index contributed by atoms with van der Waals surface area (Å²) in [5.74, 6) is 0.132. The fourth-order valence-corrected chi connectivity index (χ4v) is 5.01. The highest BCUT2D eigenvalue weighted by molar-refractivity contribution is 6.05. The van der Waals surface area contributed by atoms with Crippen molar-refractivity contribution in [1.29, 1.82) is 0 Å². The van der Waals surface area contributed by atoms with Gasteiger partial charge in [0.05, 0.1) is 37.4 Å². The second kappa shape index (κ2) is 17.3. The summed E-state index contributed by atoms with van der Waals surface area (Å²) < 4.78 is 16.2. The van der Waals surface area contributed by atoms with E-state index in [1.165, 1.54) is 0 Å². The lowest BCUT2D eigenvalue weighted by molar-refractivity contribution is 0.0371. The van der Waals surface area contributed by atoms with Crippen LogP contribution in [-0.2, 0) is 16.0 Å². The Morgan fingerprint density at radius 1 is 0.872 bits per heavy atom. The molecule has 4 amide bonds. The van der Waals surface area contributed by atoms with Gasteiger partial charge in [0, 0.05) is 32.4 Å². The molecule has 2 heterocycles. The minimum atomic E-state index is -0.665. The van der Waals surface area contributed by atoms with Crippen LogP contribution in [0.3, 0.4) is 0 Å². The zero-order valence-corrected chi connectivity index (χ0v) is 27.7. The highest BCUT2D eigenvalue weighted by atomic mass is 16.6. The SMILES string of the molecule is COc1ccccc1NC(=O)N(CCCCCN1CCOCC1)Cc1ccc(C(=O)Nc2ccccc2NC(=O)OC(C)(C)C)nc1. The third-order valence-electron chi connectivity index (χ3n) is 7.38. The predicted octanol–water partition coefficient (Wildman–Crippen LogP) is 6.23. The maximum atomic E-state index is 13.5. The molecule has 0 atom stereocenters. The van der Waals surface area contributed by atoms with Gasteiger partial charge in [0.2, 0.25) is 0 Å². The van der Waals surface area contributed by atoms with Crippen molar-refractivity contribution in [3.05, 3.63) is 78.1 Å². The lowest BCUT2D eigenvalue weighted by Gasteiger charge is -2.27. The average Bonchev–Trinajstić information content (AvgIpc) is 3.05. The first-order valence-corrected chi connectivity index (χ1v) is 16.0. The van der Waals surface area contributed by atoms with Crippen LogP contribution in [0.5, 0.6) is 5.75 Å². The Labute approximate surface area is 276 Å². The summed E-state index contributed by atoms with van der Waals surface area (Å²) in [5, 5.41) is 8.46. The number of nitrogens with one attached hydrogen (secondary N) is 3. The quantitative estimate of drug-likeness (QED) is 0.186. The van der Waals surface area contributed by atoms with Crippen LogP contribution in [0.2, 0.25) is 0 Å². The summed E-state index contributed by atoms with van der Waals surface area (Å²) in [4.78, 5) is 47.4. The van der Waals surface area contributed by atoms with Gasteiger partial charge >= 0.3 is 12.1 Å². The van der Waals surface area contributed by atoms with Crippen LogP contribution >= 0.6 is 0 Å². The summed E-state index contributed by atoms with van der Waals surface area (Å²) in [6.07, 6.45) is 3.84. The van der Waals surface area contributed by atoms with Crippen molar-refractivity contribution in [2.24, 2.45) is 0 Å². The number of ether oxygens (including phenoxy) is 3. The first-order chi connectivity index (χ1) is 22.6. The van der Waals surface area contributed by atoms with Gasteiger partial charge in [0.1, 0.15) is 17.0 Å². The number of rotatable bonds is 13. The molecule has 2 aromatic carbocycles. The van der Waals surface area contributed by atoms with Gasteiger partial charge in [-0.3, -0.25) is 20.0 Å². The minimum Gasteiger partial charge on any atom is -0.495 e. The molecule has 0 unspecified atom stereocenters. The Morgan fingerprint density at radius 3 is 2.21 bits per heavy atom. The molecule has 1 saturated heterocycles. The van der Waals surface area contributed by atoms with E-state index in [9.17, 15) is 14.4 Å². The third-order valence-corrected chi connectivity index (χ3v) is 7.38. The molecule has 1 aromatic heterocycles. The van der Waals surface area contributed by atoms with Gasteiger partial charge in [-0.05, 0) is 76.1 Å². The van der Waals surface area contributed by atoms with Crippen LogP contribution in [0.25, 0.3) is 0 Å². The van der Waals surface area contributed by atoms with Crippen molar-refractivity contribution in [3.8, 4) is 5.75 Å². The average molecular weight is 647 g/mol. The number of aromatic nitrogens is 1. The Hall–Kier alpha value is -4.68. The molecule has 12 heteroatoms. The Bertz CT molecular complexity index is 1470. The van der Waals surface area contributed by atoms with Crippen molar-refractivity contribution >= 4 is 35.1 Å². The molecular weight excluding hydrogens is 600 g/mol. The Kier molecular flexibility index (Phi) is 12.9. The van der Waals surface area contributed by atoms with E-state index in [1.807, 2.05) is 12.1 Å². The molecule has 1 fully saturated rings. The number of hydrogen-bond acceptors (Lipinski definition) is 8. The van der Waals surface area contributed by atoms with Crippen molar-refractivity contribution in [3.63, 3.8) is 0 Å². The van der Waals surface area contributed by atoms with Crippen molar-refractivity contribution < 1.29 is 28.6 Å². The van der Waals surface area contributed by atoms with Crippen LogP contribution in [0.15, 0.2) is 66.9 Å². The lowest BCUT2D eigenvalue weighted by atomic mass is 10.2. The second-order valence-electron chi connectivity index (χ2n) is 12.2. The molecule has 0 radical (unpaired) electrons. The van der Waals surface area contributed by atoms with Crippen molar-refractivity contribution in [1.82, 2.24) is 14.8 Å². The second-order valence-corrected chi connectivity index (χ2v) is 12.2. The van der Waals surface area contributed by atoms with Gasteiger partial charge in [0.25, 0.3) is 5.91 Å². The van der Waals surface area contributed by atoms with Gasteiger partial charge in [-0.25, -0.2) is 9.59 Å². The van der Waals surface area contributed by atoms with Gasteiger partial charge < -0.3 is 29.7 Å². The summed E-state index contributed by atoms with van der Waals surface area (Å²) in [6, 6.07) is 17.3. The summed E-state index contributed by atoms with van der Waals surface area (Å²) >= 11 is 0. The number of nitrogens with zero attached hydrogens (tertiary/aromatic N) is 3. The van der Waals surface area contributed by atoms with E-state index in [4.69, 9.17) is 14.2 Å². The molecule has 4 rings (SSSR count). The molecule has 0 aliphatic carbocycles. The molecule has 12 nitrogen and oxygen atoms in total. The van der Waals surface area contributed by atoms with E-state index in [0.717, 1.165) is 57.7 Å². The number of pyridine rings is 1. The minimum absolute atomic E-state index is 0.189. The van der Waals surface area contributed by atoms with Crippen LogP contribution in [0.1, 0.15) is 56.1 Å². The molecule has 1 aliphatic heterocycles. The predicted molar refractivity (Wildman–Crippen MR) is 182 cm³/mol. The van der Waals surface area contributed by atoms with Crippen molar-refractivity contribution in [2.45, 2.75) is 52.2 Å². The van der Waals surface area contributed by atoms with E-state index < -0.39 is 17.6 Å². The number of hydrogen-bond donors (Lipinski definition) is 3. The summed E-state index contributed by atoms with van der Waals surface area (Å²) in [6.45, 7) is 10.7. The first-order valence-electron chi connectivity index (χ1n) is 16.0. The zero-order chi connectivity index (χ0) is 33.6. The summed E-state index contributed by atoms with van der Waals surface area (Å²) in [5.41, 5.74) is 1.69. The van der Waals surface area contributed by atoms with Crippen LogP contribution in [-0.4, -0.2) is 84.9 Å². The molecule has 1 aliphatic rings. The topological polar surface area (TPSA) is 134 Å². The number of unbranched alkanes of at least 4 members (excludes halogenated alkanes) is 2. The largest absolute Gasteiger partial charge is 0.495 e. The number of carbonyl (C=O) groups excluding carboxylic acids is 3. The number of amides is 4. The molecule has 3 aromatic rings. The molecule has 252 valence electrons. The van der Waals surface area contributed by atoms with Crippen LogP contribution in [0.4, 0.5) is 26.7 Å². The van der Waals surface area contributed by atoms with Crippen LogP contribution in [0, 0.1) is 0 Å². The molecule has 0 spiro atoms. The number of carbonyl (C=O) groups is 3. The molecule has 3 N–H and O–H groups in total. The summed E-state index contributed by atoms with van der Waals surface area (Å²) in [7, 11) is 1.57. The van der Waals surface area contributed by atoms with Gasteiger partial charge in [-0.1, -0.05) is 36.8 Å². The van der Waals surface area contributed by atoms with E-state index in [-0.39, 0.29) is 11.7 Å². The molecule has 47 heavy (non-hydrogen) atoms. The number of methoxy groups -OCH3 is 1. The number of morpholine rings is 1. The maximum absolute atomic E-state index is 13.5. The smallest absolute Gasteiger partial charge is 0.412 e. The maximum Gasteiger partial charge on any atom is 0.412 e. The van der Waals surface area contributed by atoms with Gasteiger partial charge in [-0.15, -0.1) is 0 Å². The van der Waals surface area contributed by atoms with Gasteiger partial charge in [0.15, 0.2) is 0 Å². The van der Waals surface area contributed by atoms with E-state index in [1.54, 1.807) is 87.5 Å². The highest BCUT2D eigenvalue weighted by Crippen LogP contribution is 2.25. The number of benzene rings is 2. The lowest BCUT2D eigenvalue weighted by Crippen LogP contribution is -2.37. The standard InChI is InChI=1S/C35H46N6O6/c1-35(2,3)47-34(44)39-28-13-7-6-12-27(28)37-32(42)30-17-16-26(24-36-30)25-41(19-11-5-10-18-40-20-22-46-23-21-40)33(43)38-29-14-8-9-15-31(29)45-4/h6-9,12-17,24H,5,10-11,18-23,25H2,1-4H3,(H,37,42)(H,38,43)(H,39,44). The Morgan fingerprint density at radius 2 is 1.55 bits per heavy atom. The van der Waals surface area contributed by atoms with Crippen molar-refractivity contribution in [2.75, 3.05) is 62.5 Å². The highest BCUT2D eigenvalue weighted by Gasteiger charge is 2.20. The van der Waals surface area contributed by atoms with E-state index >= 15 is 0 Å². The molecule has 0 bridgehead atoms. The number of para-hydroxylation sites is 4. The van der Waals surface area contributed by atoms with E-state index in [2.05, 4.69) is 25.8 Å². The third kappa shape index (κ3) is 11.6. The molecule has 0 saturated carbocycles. The fourth-order valence-electron chi connectivity index (χ4n) is 5.01. The monoisotopic (exact) mass is 646 g/mol. The number of anilines is 3. The normalized spacial score (nSPS) is 13.4.